The Morgan fingerprint density at radius 2 is 1.90 bits per heavy atom. The number of anilines is 1. The molecule has 0 unspecified atom stereocenters. The van der Waals surface area contributed by atoms with Crippen LogP contribution in [0, 0.1) is 0 Å². The van der Waals surface area contributed by atoms with Gasteiger partial charge in [0.25, 0.3) is 0 Å². The van der Waals surface area contributed by atoms with E-state index in [-0.39, 0.29) is 17.6 Å². The minimum Gasteiger partial charge on any atom is -0.395 e. The van der Waals surface area contributed by atoms with Crippen LogP contribution in [0.15, 0.2) is 24.3 Å². The number of fused-ring (bicyclic) bond motifs is 1. The third kappa shape index (κ3) is 3.49. The lowest BCUT2D eigenvalue weighted by Crippen LogP contribution is -2.37. The third-order valence-corrected chi connectivity index (χ3v) is 2.76. The number of aliphatic hydroxyl groups is 1. The van der Waals surface area contributed by atoms with Crippen molar-refractivity contribution < 1.29 is 18.3 Å². The molecule has 4 nitrogen and oxygen atoms in total. The summed E-state index contributed by atoms with van der Waals surface area (Å²) in [5.74, 6) is 0.0620. The minimum atomic E-state index is -4.41. The molecule has 0 fully saturated rings. The van der Waals surface area contributed by atoms with Crippen LogP contribution < -0.4 is 4.90 Å². The fraction of sp³-hybridized carbons (Fsp3) is 0.333. The molecular formula is C12H11ClF3N3O. The van der Waals surface area contributed by atoms with Crippen LogP contribution in [0.3, 0.4) is 0 Å². The highest BCUT2D eigenvalue weighted by atomic mass is 35.5. The van der Waals surface area contributed by atoms with Crippen molar-refractivity contribution in [1.82, 2.24) is 9.97 Å². The minimum absolute atomic E-state index is 0.0620. The van der Waals surface area contributed by atoms with E-state index in [0.29, 0.717) is 10.9 Å². The van der Waals surface area contributed by atoms with E-state index >= 15 is 0 Å². The van der Waals surface area contributed by atoms with Crippen molar-refractivity contribution in [3.8, 4) is 0 Å². The van der Waals surface area contributed by atoms with Gasteiger partial charge in [0.05, 0.1) is 12.1 Å². The maximum atomic E-state index is 12.6. The zero-order chi connectivity index (χ0) is 14.8. The molecule has 0 atom stereocenters. The highest BCUT2D eigenvalue weighted by molar-refractivity contribution is 6.28. The van der Waals surface area contributed by atoms with Crippen molar-refractivity contribution in [3.63, 3.8) is 0 Å². The van der Waals surface area contributed by atoms with Crippen molar-refractivity contribution in [2.24, 2.45) is 0 Å². The van der Waals surface area contributed by atoms with Crippen LogP contribution in [0.4, 0.5) is 19.0 Å². The van der Waals surface area contributed by atoms with E-state index in [2.05, 4.69) is 9.97 Å². The first-order valence-corrected chi connectivity index (χ1v) is 6.13. The molecule has 20 heavy (non-hydrogen) atoms. The smallest absolute Gasteiger partial charge is 0.395 e. The van der Waals surface area contributed by atoms with Gasteiger partial charge in [0.15, 0.2) is 0 Å². The van der Waals surface area contributed by atoms with Crippen LogP contribution in [0.2, 0.25) is 5.28 Å². The van der Waals surface area contributed by atoms with Gasteiger partial charge in [-0.25, -0.2) is 4.98 Å². The molecule has 0 spiro atoms. The van der Waals surface area contributed by atoms with Gasteiger partial charge in [-0.2, -0.15) is 18.2 Å². The molecule has 1 aromatic carbocycles. The SMILES string of the molecule is OCCN(CC(F)(F)F)c1nc(Cl)nc2ccccc12. The zero-order valence-electron chi connectivity index (χ0n) is 10.2. The van der Waals surface area contributed by atoms with Gasteiger partial charge in [0.2, 0.25) is 5.28 Å². The molecule has 0 saturated carbocycles. The Balaban J connectivity index is 2.52. The molecule has 108 valence electrons. The lowest BCUT2D eigenvalue weighted by atomic mass is 10.2. The van der Waals surface area contributed by atoms with E-state index in [9.17, 15) is 13.2 Å². The highest BCUT2D eigenvalue weighted by Gasteiger charge is 2.32. The van der Waals surface area contributed by atoms with Crippen molar-refractivity contribution in [2.75, 3.05) is 24.6 Å². The lowest BCUT2D eigenvalue weighted by molar-refractivity contribution is -0.119. The number of rotatable bonds is 4. The average molecular weight is 306 g/mol. The molecule has 0 saturated heterocycles. The highest BCUT2D eigenvalue weighted by Crippen LogP contribution is 2.27. The number of hydrogen-bond acceptors (Lipinski definition) is 4. The maximum absolute atomic E-state index is 12.6. The standard InChI is InChI=1S/C12H11ClF3N3O/c13-11-17-9-4-2-1-3-8(9)10(18-11)19(5-6-20)7-12(14,15)16/h1-4,20H,5-7H2. The van der Waals surface area contributed by atoms with Gasteiger partial charge in [-0.1, -0.05) is 12.1 Å². The van der Waals surface area contributed by atoms with Crippen LogP contribution in [0.1, 0.15) is 0 Å². The molecule has 0 aliphatic carbocycles. The summed E-state index contributed by atoms with van der Waals surface area (Å²) >= 11 is 5.75. The Morgan fingerprint density at radius 3 is 2.55 bits per heavy atom. The number of hydrogen-bond donors (Lipinski definition) is 1. The van der Waals surface area contributed by atoms with Gasteiger partial charge in [-0.15, -0.1) is 0 Å². The molecule has 2 aromatic rings. The van der Waals surface area contributed by atoms with Crippen LogP contribution in [0.25, 0.3) is 10.9 Å². The second-order valence-corrected chi connectivity index (χ2v) is 4.43. The molecule has 1 aromatic heterocycles. The Bertz CT molecular complexity index is 606. The monoisotopic (exact) mass is 305 g/mol. The number of nitrogens with zero attached hydrogens (tertiary/aromatic N) is 3. The largest absolute Gasteiger partial charge is 0.405 e. The molecular weight excluding hydrogens is 295 g/mol. The number of alkyl halides is 3. The summed E-state index contributed by atoms with van der Waals surface area (Å²) in [6.07, 6.45) is -4.41. The number of halogens is 4. The van der Waals surface area contributed by atoms with Crippen LogP contribution in [0.5, 0.6) is 0 Å². The first kappa shape index (κ1) is 14.8. The normalized spacial score (nSPS) is 11.8. The fourth-order valence-corrected chi connectivity index (χ4v) is 2.04. The number of para-hydroxylation sites is 1. The molecule has 0 aliphatic rings. The summed E-state index contributed by atoms with van der Waals surface area (Å²) in [6.45, 7) is -1.84. The number of aliphatic hydroxyl groups excluding tert-OH is 1. The summed E-state index contributed by atoms with van der Waals surface area (Å²) in [4.78, 5) is 8.77. The fourth-order valence-electron chi connectivity index (χ4n) is 1.87. The van der Waals surface area contributed by atoms with E-state index in [4.69, 9.17) is 16.7 Å². The van der Waals surface area contributed by atoms with Crippen molar-refractivity contribution in [3.05, 3.63) is 29.5 Å². The van der Waals surface area contributed by atoms with Crippen molar-refractivity contribution >= 4 is 28.3 Å². The summed E-state index contributed by atoms with van der Waals surface area (Å²) in [7, 11) is 0. The molecule has 2 rings (SSSR count). The van der Waals surface area contributed by atoms with Crippen molar-refractivity contribution in [1.29, 1.82) is 0 Å². The van der Waals surface area contributed by atoms with E-state index < -0.39 is 19.3 Å². The Labute approximate surface area is 117 Å². The number of aromatic nitrogens is 2. The number of benzene rings is 1. The predicted molar refractivity (Wildman–Crippen MR) is 69.9 cm³/mol. The summed E-state index contributed by atoms with van der Waals surface area (Å²) in [6, 6.07) is 6.63. The molecule has 1 N–H and O–H groups in total. The van der Waals surface area contributed by atoms with Crippen molar-refractivity contribution in [2.45, 2.75) is 6.18 Å². The summed E-state index contributed by atoms with van der Waals surface area (Å²) in [5.41, 5.74) is 0.451. The van der Waals surface area contributed by atoms with E-state index in [1.807, 2.05) is 0 Å². The van der Waals surface area contributed by atoms with Gasteiger partial charge >= 0.3 is 6.18 Å². The van der Waals surface area contributed by atoms with E-state index in [1.165, 1.54) is 0 Å². The average Bonchev–Trinajstić information content (AvgIpc) is 2.35. The second kappa shape index (κ2) is 5.80. The van der Waals surface area contributed by atoms with E-state index in [0.717, 1.165) is 4.90 Å². The second-order valence-electron chi connectivity index (χ2n) is 4.09. The first-order valence-electron chi connectivity index (χ1n) is 5.75. The van der Waals surface area contributed by atoms with Gasteiger partial charge in [0.1, 0.15) is 12.4 Å². The van der Waals surface area contributed by atoms with Crippen LogP contribution >= 0.6 is 11.6 Å². The molecule has 0 amide bonds. The quantitative estimate of drug-likeness (QED) is 0.882. The van der Waals surface area contributed by atoms with Crippen LogP contribution in [-0.2, 0) is 0 Å². The third-order valence-electron chi connectivity index (χ3n) is 2.60. The van der Waals surface area contributed by atoms with Crippen LogP contribution in [-0.4, -0.2) is 40.9 Å². The molecule has 8 heteroatoms. The van der Waals surface area contributed by atoms with Gasteiger partial charge < -0.3 is 10.0 Å². The molecule has 1 heterocycles. The Morgan fingerprint density at radius 1 is 1.20 bits per heavy atom. The first-order chi connectivity index (χ1) is 9.40. The lowest BCUT2D eigenvalue weighted by Gasteiger charge is -2.25. The molecule has 0 bridgehead atoms. The topological polar surface area (TPSA) is 49.2 Å². The Kier molecular flexibility index (Phi) is 4.29. The zero-order valence-corrected chi connectivity index (χ0v) is 11.0. The summed E-state index contributed by atoms with van der Waals surface area (Å²) < 4.78 is 37.8. The predicted octanol–water partition coefficient (Wildman–Crippen LogP) is 2.64. The van der Waals surface area contributed by atoms with E-state index in [1.54, 1.807) is 24.3 Å². The van der Waals surface area contributed by atoms with Gasteiger partial charge in [0, 0.05) is 11.9 Å². The molecule has 0 radical (unpaired) electrons. The van der Waals surface area contributed by atoms with Gasteiger partial charge in [-0.05, 0) is 23.7 Å². The maximum Gasteiger partial charge on any atom is 0.405 e. The van der Waals surface area contributed by atoms with Gasteiger partial charge in [-0.3, -0.25) is 0 Å². The molecule has 0 aliphatic heterocycles. The summed E-state index contributed by atoms with van der Waals surface area (Å²) in [5, 5.41) is 9.27. The Hall–Kier alpha value is -1.60.